The van der Waals surface area contributed by atoms with Crippen molar-refractivity contribution >= 4 is 52.5 Å². The Bertz CT molecular complexity index is 1030. The molecule has 1 heterocycles. The highest BCUT2D eigenvalue weighted by Crippen LogP contribution is 2.36. The Balaban J connectivity index is 1.76. The molecule has 2 aromatic carbocycles. The zero-order chi connectivity index (χ0) is 23.3. The maximum absolute atomic E-state index is 12.7. The summed E-state index contributed by atoms with van der Waals surface area (Å²) in [4.78, 5) is 53.1. The molecule has 0 saturated heterocycles. The highest BCUT2D eigenvalue weighted by Gasteiger charge is 2.28. The molecule has 168 valence electrons. The number of nitrogens with one attached hydrogen (secondary N) is 2. The first-order valence-electron chi connectivity index (χ1n) is 10.4. The molecular formula is C23H26N4O4S. The molecule has 2 N–H and O–H groups in total. The fourth-order valence-corrected chi connectivity index (χ4v) is 4.30. The second-order valence-corrected chi connectivity index (χ2v) is 8.25. The Morgan fingerprint density at radius 3 is 2.22 bits per heavy atom. The minimum Gasteiger partial charge on any atom is -0.339 e. The van der Waals surface area contributed by atoms with Crippen LogP contribution in [0.1, 0.15) is 31.1 Å². The molecule has 0 unspecified atom stereocenters. The lowest BCUT2D eigenvalue weighted by atomic mass is 10.1. The molecular weight excluding hydrogens is 428 g/mol. The normalized spacial score (nSPS) is 12.7. The Kier molecular flexibility index (Phi) is 7.53. The van der Waals surface area contributed by atoms with Gasteiger partial charge in [0.2, 0.25) is 17.7 Å². The van der Waals surface area contributed by atoms with Crippen molar-refractivity contribution in [1.82, 2.24) is 4.90 Å². The topological polar surface area (TPSA) is 98.8 Å². The third-order valence-corrected chi connectivity index (χ3v) is 6.04. The van der Waals surface area contributed by atoms with Crippen LogP contribution in [-0.4, -0.2) is 53.9 Å². The van der Waals surface area contributed by atoms with E-state index in [0.29, 0.717) is 35.7 Å². The van der Waals surface area contributed by atoms with Crippen LogP contribution in [0.4, 0.5) is 17.1 Å². The van der Waals surface area contributed by atoms with Crippen LogP contribution in [0, 0.1) is 0 Å². The third-order valence-electron chi connectivity index (χ3n) is 4.99. The number of hydrogen-bond donors (Lipinski definition) is 2. The number of amides is 4. The number of hydrogen-bond acceptors (Lipinski definition) is 5. The van der Waals surface area contributed by atoms with Gasteiger partial charge in [-0.3, -0.25) is 19.2 Å². The van der Waals surface area contributed by atoms with E-state index < -0.39 is 0 Å². The second-order valence-electron chi connectivity index (χ2n) is 7.24. The third kappa shape index (κ3) is 5.47. The standard InChI is InChI=1S/C23H26N4O4S/c1-4-26(5-2)23(31)16-6-11-20-19(12-16)27(22(30)14-32-20)13-21(29)25-18-9-7-17(8-10-18)24-15(3)28/h6-12H,4-5,13-14H2,1-3H3,(H,24,28)(H,25,29). The molecule has 2 aromatic rings. The zero-order valence-electron chi connectivity index (χ0n) is 18.3. The Morgan fingerprint density at radius 1 is 1.00 bits per heavy atom. The molecule has 1 aliphatic heterocycles. The van der Waals surface area contributed by atoms with Gasteiger partial charge in [-0.2, -0.15) is 0 Å². The summed E-state index contributed by atoms with van der Waals surface area (Å²) in [5.41, 5.74) is 2.23. The van der Waals surface area contributed by atoms with E-state index in [-0.39, 0.29) is 35.9 Å². The Hall–Kier alpha value is -3.33. The average molecular weight is 455 g/mol. The molecule has 8 nitrogen and oxygen atoms in total. The van der Waals surface area contributed by atoms with Crippen molar-refractivity contribution in [1.29, 1.82) is 0 Å². The van der Waals surface area contributed by atoms with Gasteiger partial charge < -0.3 is 20.4 Å². The van der Waals surface area contributed by atoms with E-state index in [9.17, 15) is 19.2 Å². The van der Waals surface area contributed by atoms with Crippen molar-refractivity contribution in [3.05, 3.63) is 48.0 Å². The molecule has 0 fully saturated rings. The van der Waals surface area contributed by atoms with Gasteiger partial charge in [0.05, 0.1) is 11.4 Å². The van der Waals surface area contributed by atoms with Gasteiger partial charge in [0, 0.05) is 41.8 Å². The first-order valence-corrected chi connectivity index (χ1v) is 11.3. The molecule has 9 heteroatoms. The molecule has 0 aromatic heterocycles. The highest BCUT2D eigenvalue weighted by molar-refractivity contribution is 8.00. The number of fused-ring (bicyclic) bond motifs is 1. The fraction of sp³-hybridized carbons (Fsp3) is 0.304. The van der Waals surface area contributed by atoms with Gasteiger partial charge in [0.1, 0.15) is 6.54 Å². The van der Waals surface area contributed by atoms with Crippen molar-refractivity contribution in [2.24, 2.45) is 0 Å². The van der Waals surface area contributed by atoms with Crippen molar-refractivity contribution in [3.63, 3.8) is 0 Å². The van der Waals surface area contributed by atoms with Crippen LogP contribution in [0.5, 0.6) is 0 Å². The van der Waals surface area contributed by atoms with Gasteiger partial charge in [-0.1, -0.05) is 0 Å². The van der Waals surface area contributed by atoms with E-state index in [2.05, 4.69) is 10.6 Å². The monoisotopic (exact) mass is 454 g/mol. The average Bonchev–Trinajstić information content (AvgIpc) is 2.77. The number of thioether (sulfide) groups is 1. The van der Waals surface area contributed by atoms with Crippen LogP contribution < -0.4 is 15.5 Å². The van der Waals surface area contributed by atoms with Crippen molar-refractivity contribution in [2.45, 2.75) is 25.7 Å². The van der Waals surface area contributed by atoms with Crippen LogP contribution >= 0.6 is 11.8 Å². The summed E-state index contributed by atoms with van der Waals surface area (Å²) in [5, 5.41) is 5.43. The van der Waals surface area contributed by atoms with Gasteiger partial charge in [-0.25, -0.2) is 0 Å². The number of rotatable bonds is 7. The smallest absolute Gasteiger partial charge is 0.253 e. The molecule has 0 radical (unpaired) electrons. The summed E-state index contributed by atoms with van der Waals surface area (Å²) in [6.07, 6.45) is 0. The van der Waals surface area contributed by atoms with Gasteiger partial charge in [0.25, 0.3) is 5.91 Å². The van der Waals surface area contributed by atoms with E-state index in [1.165, 1.54) is 23.6 Å². The quantitative estimate of drug-likeness (QED) is 0.669. The van der Waals surface area contributed by atoms with Gasteiger partial charge in [0.15, 0.2) is 0 Å². The number of benzene rings is 2. The number of carbonyl (C=O) groups is 4. The van der Waals surface area contributed by atoms with E-state index in [4.69, 9.17) is 0 Å². The van der Waals surface area contributed by atoms with Crippen molar-refractivity contribution in [2.75, 3.05) is 40.9 Å². The van der Waals surface area contributed by atoms with Gasteiger partial charge in [-0.05, 0) is 56.3 Å². The zero-order valence-corrected chi connectivity index (χ0v) is 19.1. The molecule has 3 rings (SSSR count). The predicted molar refractivity (Wildman–Crippen MR) is 126 cm³/mol. The van der Waals surface area contributed by atoms with Crippen molar-refractivity contribution in [3.8, 4) is 0 Å². The maximum atomic E-state index is 12.7. The van der Waals surface area contributed by atoms with Crippen LogP contribution in [0.15, 0.2) is 47.4 Å². The van der Waals surface area contributed by atoms with Crippen LogP contribution in [-0.2, 0) is 14.4 Å². The summed E-state index contributed by atoms with van der Waals surface area (Å²) in [7, 11) is 0. The van der Waals surface area contributed by atoms with Crippen LogP contribution in [0.3, 0.4) is 0 Å². The van der Waals surface area contributed by atoms with Gasteiger partial charge in [-0.15, -0.1) is 11.8 Å². The summed E-state index contributed by atoms with van der Waals surface area (Å²) < 4.78 is 0. The fourth-order valence-electron chi connectivity index (χ4n) is 3.39. The maximum Gasteiger partial charge on any atom is 0.253 e. The lowest BCUT2D eigenvalue weighted by Gasteiger charge is -2.29. The molecule has 0 saturated carbocycles. The summed E-state index contributed by atoms with van der Waals surface area (Å²) in [6.45, 7) is 6.27. The molecule has 32 heavy (non-hydrogen) atoms. The minimum atomic E-state index is -0.357. The van der Waals surface area contributed by atoms with E-state index >= 15 is 0 Å². The largest absolute Gasteiger partial charge is 0.339 e. The van der Waals surface area contributed by atoms with E-state index in [1.54, 1.807) is 41.3 Å². The summed E-state index contributed by atoms with van der Waals surface area (Å²) in [6, 6.07) is 12.0. The Labute approximate surface area is 191 Å². The van der Waals surface area contributed by atoms with Gasteiger partial charge >= 0.3 is 0 Å². The van der Waals surface area contributed by atoms with Crippen molar-refractivity contribution < 1.29 is 19.2 Å². The minimum absolute atomic E-state index is 0.107. The summed E-state index contributed by atoms with van der Waals surface area (Å²) >= 11 is 1.40. The predicted octanol–water partition coefficient (Wildman–Crippen LogP) is 3.20. The first-order chi connectivity index (χ1) is 15.3. The first kappa shape index (κ1) is 23.3. The van der Waals surface area contributed by atoms with Crippen LogP contribution in [0.2, 0.25) is 0 Å². The molecule has 0 spiro atoms. The molecule has 0 atom stereocenters. The second kappa shape index (κ2) is 10.3. The molecule has 0 aliphatic carbocycles. The molecule has 4 amide bonds. The Morgan fingerprint density at radius 2 is 1.62 bits per heavy atom. The highest BCUT2D eigenvalue weighted by atomic mass is 32.2. The number of anilines is 3. The van der Waals surface area contributed by atoms with Crippen LogP contribution in [0.25, 0.3) is 0 Å². The number of nitrogens with zero attached hydrogens (tertiary/aromatic N) is 2. The molecule has 1 aliphatic rings. The summed E-state index contributed by atoms with van der Waals surface area (Å²) in [5.74, 6) is -0.602. The lowest BCUT2D eigenvalue weighted by molar-refractivity contribution is -0.120. The van der Waals surface area contributed by atoms with E-state index in [1.807, 2.05) is 19.9 Å². The van der Waals surface area contributed by atoms with E-state index in [0.717, 1.165) is 4.90 Å². The number of carbonyl (C=O) groups excluding carboxylic acids is 4. The lowest BCUT2D eigenvalue weighted by Crippen LogP contribution is -2.41. The molecule has 0 bridgehead atoms. The SMILES string of the molecule is CCN(CC)C(=O)c1ccc2c(c1)N(CC(=O)Nc1ccc(NC(C)=O)cc1)C(=O)CS2.